The van der Waals surface area contributed by atoms with Gasteiger partial charge < -0.3 is 4.74 Å². The number of hydrogen-bond acceptors (Lipinski definition) is 2. The van der Waals surface area contributed by atoms with Gasteiger partial charge in [-0.15, -0.1) is 0 Å². The van der Waals surface area contributed by atoms with Crippen LogP contribution in [0.2, 0.25) is 0 Å². The smallest absolute Gasteiger partial charge is 0.180 e. The first-order valence-electron chi connectivity index (χ1n) is 3.99. The molecule has 1 aliphatic rings. The van der Waals surface area contributed by atoms with Gasteiger partial charge in [-0.3, -0.25) is 0 Å². The van der Waals surface area contributed by atoms with Crippen molar-refractivity contribution in [3.05, 3.63) is 0 Å². The van der Waals surface area contributed by atoms with Crippen LogP contribution in [0, 0.1) is 0 Å². The molecule has 0 N–H and O–H groups in total. The normalized spacial score (nSPS) is 31.7. The summed E-state index contributed by atoms with van der Waals surface area (Å²) in [4.78, 5) is 4.35. The highest BCUT2D eigenvalue weighted by molar-refractivity contribution is 5.75. The largest absolute Gasteiger partial charge is 0.476 e. The minimum absolute atomic E-state index is 0.352. The Balaban J connectivity index is 2.52. The average molecular weight is 141 g/mol. The topological polar surface area (TPSA) is 21.6 Å². The molecule has 0 bridgehead atoms. The molecule has 0 fully saturated rings. The standard InChI is InChI=1S/C8H15NO/c1-4-7-8(5-2)10-6(3)9-7/h7-8H,4-5H2,1-3H3/t7-,8-/m1/s1. The van der Waals surface area contributed by atoms with E-state index in [2.05, 4.69) is 18.8 Å². The molecular weight excluding hydrogens is 126 g/mol. The average Bonchev–Trinajstić information content (AvgIpc) is 2.30. The third-order valence-electron chi connectivity index (χ3n) is 1.92. The van der Waals surface area contributed by atoms with Gasteiger partial charge in [0.05, 0.1) is 6.04 Å². The number of ether oxygens (including phenoxy) is 1. The molecular formula is C8H15NO. The summed E-state index contributed by atoms with van der Waals surface area (Å²) >= 11 is 0. The van der Waals surface area contributed by atoms with Gasteiger partial charge in [0.15, 0.2) is 5.90 Å². The van der Waals surface area contributed by atoms with Crippen LogP contribution in [-0.2, 0) is 4.74 Å². The van der Waals surface area contributed by atoms with Crippen LogP contribution in [0.1, 0.15) is 33.6 Å². The number of nitrogens with zero attached hydrogens (tertiary/aromatic N) is 1. The third-order valence-corrected chi connectivity index (χ3v) is 1.92. The van der Waals surface area contributed by atoms with Crippen molar-refractivity contribution in [1.29, 1.82) is 0 Å². The summed E-state index contributed by atoms with van der Waals surface area (Å²) in [7, 11) is 0. The molecule has 2 atom stereocenters. The van der Waals surface area contributed by atoms with Gasteiger partial charge in [-0.05, 0) is 12.8 Å². The Morgan fingerprint density at radius 2 is 2.10 bits per heavy atom. The minimum Gasteiger partial charge on any atom is -0.476 e. The van der Waals surface area contributed by atoms with Crippen molar-refractivity contribution < 1.29 is 4.74 Å². The van der Waals surface area contributed by atoms with Crippen molar-refractivity contribution in [2.24, 2.45) is 4.99 Å². The monoisotopic (exact) mass is 141 g/mol. The second-order valence-electron chi connectivity index (χ2n) is 2.69. The van der Waals surface area contributed by atoms with E-state index in [1.807, 2.05) is 6.92 Å². The number of hydrogen-bond donors (Lipinski definition) is 0. The van der Waals surface area contributed by atoms with Gasteiger partial charge in [-0.1, -0.05) is 13.8 Å². The SMILES string of the molecule is CC[C@H]1N=C(C)O[C@@H]1CC. The lowest BCUT2D eigenvalue weighted by molar-refractivity contribution is 0.184. The van der Waals surface area contributed by atoms with E-state index in [9.17, 15) is 0 Å². The summed E-state index contributed by atoms with van der Waals surface area (Å²) in [5.74, 6) is 0.860. The Labute approximate surface area is 62.3 Å². The number of aliphatic imine (C=N–C) groups is 1. The molecule has 0 saturated carbocycles. The molecule has 1 aliphatic heterocycles. The van der Waals surface area contributed by atoms with Crippen molar-refractivity contribution in [3.8, 4) is 0 Å². The Morgan fingerprint density at radius 3 is 2.50 bits per heavy atom. The van der Waals surface area contributed by atoms with Crippen LogP contribution in [0.5, 0.6) is 0 Å². The first kappa shape index (κ1) is 7.58. The molecule has 0 aromatic carbocycles. The number of rotatable bonds is 2. The fraction of sp³-hybridized carbons (Fsp3) is 0.875. The summed E-state index contributed by atoms with van der Waals surface area (Å²) < 4.78 is 5.46. The maximum absolute atomic E-state index is 5.46. The van der Waals surface area contributed by atoms with Crippen molar-refractivity contribution in [2.75, 3.05) is 0 Å². The van der Waals surface area contributed by atoms with E-state index in [4.69, 9.17) is 4.74 Å². The Morgan fingerprint density at radius 1 is 1.40 bits per heavy atom. The Bertz CT molecular complexity index is 142. The van der Waals surface area contributed by atoms with E-state index in [1.165, 1.54) is 0 Å². The highest BCUT2D eigenvalue weighted by atomic mass is 16.5. The second kappa shape index (κ2) is 3.04. The van der Waals surface area contributed by atoms with Crippen molar-refractivity contribution in [3.63, 3.8) is 0 Å². The van der Waals surface area contributed by atoms with Gasteiger partial charge in [0.25, 0.3) is 0 Å². The molecule has 0 aromatic heterocycles. The first-order valence-corrected chi connectivity index (χ1v) is 3.99. The molecule has 58 valence electrons. The molecule has 1 rings (SSSR count). The zero-order valence-corrected chi connectivity index (χ0v) is 6.92. The van der Waals surface area contributed by atoms with E-state index >= 15 is 0 Å². The van der Waals surface area contributed by atoms with E-state index < -0.39 is 0 Å². The fourth-order valence-electron chi connectivity index (χ4n) is 1.35. The lowest BCUT2D eigenvalue weighted by Crippen LogP contribution is -2.20. The highest BCUT2D eigenvalue weighted by Gasteiger charge is 2.25. The maximum Gasteiger partial charge on any atom is 0.180 e. The lowest BCUT2D eigenvalue weighted by Gasteiger charge is -2.12. The third kappa shape index (κ3) is 1.31. The molecule has 0 radical (unpaired) electrons. The van der Waals surface area contributed by atoms with Gasteiger partial charge >= 0.3 is 0 Å². The van der Waals surface area contributed by atoms with Crippen molar-refractivity contribution in [1.82, 2.24) is 0 Å². The van der Waals surface area contributed by atoms with Crippen LogP contribution < -0.4 is 0 Å². The Kier molecular flexibility index (Phi) is 2.30. The van der Waals surface area contributed by atoms with Crippen molar-refractivity contribution >= 4 is 5.90 Å². The first-order chi connectivity index (χ1) is 4.77. The fourth-order valence-corrected chi connectivity index (χ4v) is 1.35. The predicted octanol–water partition coefficient (Wildman–Crippen LogP) is 1.99. The molecule has 2 nitrogen and oxygen atoms in total. The molecule has 0 amide bonds. The van der Waals surface area contributed by atoms with Crippen LogP contribution in [0.25, 0.3) is 0 Å². The van der Waals surface area contributed by atoms with E-state index in [-0.39, 0.29) is 0 Å². The maximum atomic E-state index is 5.46. The molecule has 1 heterocycles. The van der Waals surface area contributed by atoms with Crippen LogP contribution in [0.15, 0.2) is 4.99 Å². The second-order valence-corrected chi connectivity index (χ2v) is 2.69. The zero-order valence-electron chi connectivity index (χ0n) is 6.92. The summed E-state index contributed by atoms with van der Waals surface area (Å²) in [6.45, 7) is 6.22. The lowest BCUT2D eigenvalue weighted by atomic mass is 10.1. The van der Waals surface area contributed by atoms with Gasteiger partial charge in [0.2, 0.25) is 0 Å². The molecule has 0 spiro atoms. The van der Waals surface area contributed by atoms with Crippen LogP contribution in [0.3, 0.4) is 0 Å². The molecule has 0 aliphatic carbocycles. The molecule has 2 heteroatoms. The van der Waals surface area contributed by atoms with E-state index in [1.54, 1.807) is 0 Å². The summed E-state index contributed by atoms with van der Waals surface area (Å²) in [6.07, 6.45) is 2.51. The predicted molar refractivity (Wildman–Crippen MR) is 42.4 cm³/mol. The summed E-state index contributed by atoms with van der Waals surface area (Å²) in [6, 6.07) is 0.421. The van der Waals surface area contributed by atoms with Gasteiger partial charge in [0.1, 0.15) is 6.10 Å². The summed E-state index contributed by atoms with van der Waals surface area (Å²) in [5.41, 5.74) is 0. The highest BCUT2D eigenvalue weighted by Crippen LogP contribution is 2.18. The van der Waals surface area contributed by atoms with E-state index in [0.29, 0.717) is 12.1 Å². The molecule has 0 aromatic rings. The van der Waals surface area contributed by atoms with Crippen molar-refractivity contribution in [2.45, 2.75) is 45.8 Å². The van der Waals surface area contributed by atoms with Crippen LogP contribution in [-0.4, -0.2) is 18.0 Å². The molecule has 0 unspecified atom stereocenters. The zero-order chi connectivity index (χ0) is 7.56. The van der Waals surface area contributed by atoms with Gasteiger partial charge in [-0.25, -0.2) is 4.99 Å². The van der Waals surface area contributed by atoms with Gasteiger partial charge in [-0.2, -0.15) is 0 Å². The minimum atomic E-state index is 0.352. The van der Waals surface area contributed by atoms with Crippen LogP contribution >= 0.6 is 0 Å². The van der Waals surface area contributed by atoms with E-state index in [0.717, 1.165) is 18.7 Å². The van der Waals surface area contributed by atoms with Crippen LogP contribution in [0.4, 0.5) is 0 Å². The molecule has 10 heavy (non-hydrogen) atoms. The quantitative estimate of drug-likeness (QED) is 0.576. The molecule has 0 saturated heterocycles. The van der Waals surface area contributed by atoms with Gasteiger partial charge in [0, 0.05) is 6.92 Å². The summed E-state index contributed by atoms with van der Waals surface area (Å²) in [5, 5.41) is 0. The Hall–Kier alpha value is -0.530.